The normalized spacial score (nSPS) is 9.64. The summed E-state index contributed by atoms with van der Waals surface area (Å²) in [6.07, 6.45) is 0.0382. The standard InChI is InChI=1S/C8H14N2O/c1-3-10(4-2)7-8(11)5-6-9/h3-5,7H2,1-2H3. The van der Waals surface area contributed by atoms with Crippen LogP contribution in [0.15, 0.2) is 0 Å². The van der Waals surface area contributed by atoms with Crippen LogP contribution in [0.1, 0.15) is 20.3 Å². The minimum absolute atomic E-state index is 0.0104. The molecule has 0 saturated carbocycles. The quantitative estimate of drug-likeness (QED) is 0.588. The molecule has 0 aliphatic rings. The van der Waals surface area contributed by atoms with E-state index in [0.717, 1.165) is 13.1 Å². The number of hydrogen-bond acceptors (Lipinski definition) is 3. The Morgan fingerprint density at radius 1 is 1.45 bits per heavy atom. The highest BCUT2D eigenvalue weighted by Crippen LogP contribution is 1.89. The number of nitrogens with zero attached hydrogens (tertiary/aromatic N) is 2. The molecule has 11 heavy (non-hydrogen) atoms. The predicted octanol–water partition coefficient (Wildman–Crippen LogP) is 0.811. The summed E-state index contributed by atoms with van der Waals surface area (Å²) in [6.45, 7) is 6.16. The summed E-state index contributed by atoms with van der Waals surface area (Å²) in [5.74, 6) is 0.0104. The Morgan fingerprint density at radius 2 is 2.00 bits per heavy atom. The van der Waals surface area contributed by atoms with Crippen LogP contribution in [0.5, 0.6) is 0 Å². The maximum absolute atomic E-state index is 10.9. The molecular weight excluding hydrogens is 140 g/mol. The van der Waals surface area contributed by atoms with E-state index in [1.165, 1.54) is 0 Å². The van der Waals surface area contributed by atoms with E-state index in [2.05, 4.69) is 0 Å². The lowest BCUT2D eigenvalue weighted by molar-refractivity contribution is -0.119. The Morgan fingerprint density at radius 3 is 2.36 bits per heavy atom. The molecule has 0 heterocycles. The molecule has 3 heteroatoms. The second kappa shape index (κ2) is 5.87. The third-order valence-electron chi connectivity index (χ3n) is 1.57. The molecule has 3 nitrogen and oxygen atoms in total. The van der Waals surface area contributed by atoms with E-state index in [-0.39, 0.29) is 12.2 Å². The van der Waals surface area contributed by atoms with Gasteiger partial charge in [-0.3, -0.25) is 9.69 Å². The monoisotopic (exact) mass is 154 g/mol. The largest absolute Gasteiger partial charge is 0.297 e. The van der Waals surface area contributed by atoms with Gasteiger partial charge in [-0.25, -0.2) is 0 Å². The molecule has 0 amide bonds. The van der Waals surface area contributed by atoms with Crippen molar-refractivity contribution >= 4 is 5.78 Å². The van der Waals surface area contributed by atoms with E-state index in [9.17, 15) is 4.79 Å². The zero-order valence-corrected chi connectivity index (χ0v) is 7.13. The molecule has 62 valence electrons. The number of nitriles is 1. The molecule has 0 aromatic rings. The van der Waals surface area contributed by atoms with Gasteiger partial charge in [0.05, 0.1) is 19.0 Å². The van der Waals surface area contributed by atoms with Crippen molar-refractivity contribution in [1.29, 1.82) is 5.26 Å². The van der Waals surface area contributed by atoms with E-state index in [0.29, 0.717) is 6.54 Å². The van der Waals surface area contributed by atoms with Crippen LogP contribution in [0.25, 0.3) is 0 Å². The van der Waals surface area contributed by atoms with Gasteiger partial charge in [0, 0.05) is 0 Å². The molecule has 0 rings (SSSR count). The van der Waals surface area contributed by atoms with Crippen molar-refractivity contribution in [3.63, 3.8) is 0 Å². The summed E-state index contributed by atoms with van der Waals surface area (Å²) >= 11 is 0. The Balaban J connectivity index is 3.64. The summed E-state index contributed by atoms with van der Waals surface area (Å²) in [5.41, 5.74) is 0. The van der Waals surface area contributed by atoms with Gasteiger partial charge in [0.2, 0.25) is 0 Å². The Hall–Kier alpha value is -0.880. The summed E-state index contributed by atoms with van der Waals surface area (Å²) in [6, 6.07) is 1.84. The topological polar surface area (TPSA) is 44.1 Å². The van der Waals surface area contributed by atoms with Crippen LogP contribution in [0, 0.1) is 11.3 Å². The lowest BCUT2D eigenvalue weighted by Gasteiger charge is -2.15. The predicted molar refractivity (Wildman–Crippen MR) is 43.0 cm³/mol. The summed E-state index contributed by atoms with van der Waals surface area (Å²) < 4.78 is 0. The zero-order chi connectivity index (χ0) is 8.69. The van der Waals surface area contributed by atoms with E-state index in [4.69, 9.17) is 5.26 Å². The second-order valence-electron chi connectivity index (χ2n) is 2.33. The molecule has 0 saturated heterocycles. The van der Waals surface area contributed by atoms with Gasteiger partial charge < -0.3 is 0 Å². The van der Waals surface area contributed by atoms with E-state index in [1.807, 2.05) is 24.8 Å². The van der Waals surface area contributed by atoms with Gasteiger partial charge >= 0.3 is 0 Å². The van der Waals surface area contributed by atoms with Crippen LogP contribution in [0.3, 0.4) is 0 Å². The molecule has 0 N–H and O–H groups in total. The lowest BCUT2D eigenvalue weighted by Crippen LogP contribution is -2.29. The molecule has 0 aliphatic carbocycles. The van der Waals surface area contributed by atoms with Gasteiger partial charge in [-0.05, 0) is 13.1 Å². The van der Waals surface area contributed by atoms with Gasteiger partial charge in [0.1, 0.15) is 0 Å². The maximum atomic E-state index is 10.9. The molecular formula is C8H14N2O. The van der Waals surface area contributed by atoms with Crippen molar-refractivity contribution in [1.82, 2.24) is 4.90 Å². The third kappa shape index (κ3) is 4.51. The smallest absolute Gasteiger partial charge is 0.160 e. The molecule has 0 aromatic heterocycles. The Kier molecular flexibility index (Phi) is 5.40. The summed E-state index contributed by atoms with van der Waals surface area (Å²) in [4.78, 5) is 12.9. The van der Waals surface area contributed by atoms with E-state index < -0.39 is 0 Å². The lowest BCUT2D eigenvalue weighted by atomic mass is 10.3. The maximum Gasteiger partial charge on any atom is 0.160 e. The van der Waals surface area contributed by atoms with E-state index in [1.54, 1.807) is 0 Å². The highest BCUT2D eigenvalue weighted by Gasteiger charge is 2.05. The van der Waals surface area contributed by atoms with E-state index >= 15 is 0 Å². The first-order valence-corrected chi connectivity index (χ1v) is 3.85. The fourth-order valence-electron chi connectivity index (χ4n) is 0.841. The molecule has 0 unspecified atom stereocenters. The first-order valence-electron chi connectivity index (χ1n) is 3.85. The fourth-order valence-corrected chi connectivity index (χ4v) is 0.841. The number of ketones is 1. The summed E-state index contributed by atoms with van der Waals surface area (Å²) in [7, 11) is 0. The van der Waals surface area contributed by atoms with Crippen molar-refractivity contribution in [2.45, 2.75) is 20.3 Å². The van der Waals surface area contributed by atoms with Crippen LogP contribution < -0.4 is 0 Å². The molecule has 0 aliphatic heterocycles. The average molecular weight is 154 g/mol. The number of Topliss-reactive ketones (excluding diaryl/α,β-unsaturated/α-hetero) is 1. The first kappa shape index (κ1) is 10.1. The number of hydrogen-bond donors (Lipinski definition) is 0. The fraction of sp³-hybridized carbons (Fsp3) is 0.750. The number of carbonyl (C=O) groups excluding carboxylic acids is 1. The molecule has 0 aromatic carbocycles. The number of carbonyl (C=O) groups is 1. The SMILES string of the molecule is CCN(CC)CC(=O)CC#N. The second-order valence-corrected chi connectivity index (χ2v) is 2.33. The molecule has 0 fully saturated rings. The molecule has 0 bridgehead atoms. The van der Waals surface area contributed by atoms with Crippen LogP contribution >= 0.6 is 0 Å². The number of likely N-dealkylation sites (N-methyl/N-ethyl adjacent to an activating group) is 1. The highest BCUT2D eigenvalue weighted by molar-refractivity contribution is 5.82. The van der Waals surface area contributed by atoms with Crippen molar-refractivity contribution in [3.8, 4) is 6.07 Å². The average Bonchev–Trinajstić information content (AvgIpc) is 2.01. The van der Waals surface area contributed by atoms with Crippen LogP contribution in [0.2, 0.25) is 0 Å². The van der Waals surface area contributed by atoms with Gasteiger partial charge in [-0.15, -0.1) is 0 Å². The Bertz CT molecular complexity index is 156. The summed E-state index contributed by atoms with van der Waals surface area (Å²) in [5, 5.41) is 8.21. The van der Waals surface area contributed by atoms with Crippen molar-refractivity contribution < 1.29 is 4.79 Å². The minimum atomic E-state index is 0.0104. The van der Waals surface area contributed by atoms with Gasteiger partial charge in [-0.1, -0.05) is 13.8 Å². The Labute approximate surface area is 67.6 Å². The zero-order valence-electron chi connectivity index (χ0n) is 7.13. The first-order chi connectivity index (χ1) is 5.24. The van der Waals surface area contributed by atoms with Crippen molar-refractivity contribution in [2.75, 3.05) is 19.6 Å². The van der Waals surface area contributed by atoms with Gasteiger partial charge in [0.15, 0.2) is 5.78 Å². The molecule has 0 spiro atoms. The van der Waals surface area contributed by atoms with Crippen LogP contribution in [-0.4, -0.2) is 30.3 Å². The highest BCUT2D eigenvalue weighted by atomic mass is 16.1. The van der Waals surface area contributed by atoms with Crippen LogP contribution in [-0.2, 0) is 4.79 Å². The minimum Gasteiger partial charge on any atom is -0.297 e. The van der Waals surface area contributed by atoms with Crippen molar-refractivity contribution in [2.24, 2.45) is 0 Å². The van der Waals surface area contributed by atoms with Gasteiger partial charge in [-0.2, -0.15) is 5.26 Å². The van der Waals surface area contributed by atoms with Gasteiger partial charge in [0.25, 0.3) is 0 Å². The van der Waals surface area contributed by atoms with Crippen LogP contribution in [0.4, 0.5) is 0 Å². The third-order valence-corrected chi connectivity index (χ3v) is 1.57. The molecule has 0 radical (unpaired) electrons. The number of rotatable bonds is 5. The van der Waals surface area contributed by atoms with Crippen molar-refractivity contribution in [3.05, 3.63) is 0 Å². The molecule has 0 atom stereocenters.